The molecule has 1 aliphatic rings. The molecular formula is C10H13NOS. The van der Waals surface area contributed by atoms with Gasteiger partial charge in [-0.25, -0.2) is 0 Å². The molecule has 0 aliphatic carbocycles. The van der Waals surface area contributed by atoms with Crippen LogP contribution in [0.1, 0.15) is 16.2 Å². The average molecular weight is 195 g/mol. The first kappa shape index (κ1) is 8.91. The highest BCUT2D eigenvalue weighted by Crippen LogP contribution is 2.18. The Morgan fingerprint density at radius 3 is 2.92 bits per heavy atom. The number of thiophene rings is 1. The molecule has 2 rings (SSSR count). The third-order valence-corrected chi connectivity index (χ3v) is 3.27. The van der Waals surface area contributed by atoms with E-state index in [2.05, 4.69) is 24.0 Å². The zero-order chi connectivity index (χ0) is 9.26. The van der Waals surface area contributed by atoms with Crippen molar-refractivity contribution in [3.63, 3.8) is 0 Å². The van der Waals surface area contributed by atoms with Gasteiger partial charge in [0.05, 0.1) is 6.54 Å². The summed E-state index contributed by atoms with van der Waals surface area (Å²) in [5.41, 5.74) is 0. The number of hydrogen-bond donors (Lipinski definition) is 0. The SMILES string of the molecule is Cc1ccc(CN2CCC(=O)C2)s1. The monoisotopic (exact) mass is 195 g/mol. The first-order valence-corrected chi connectivity index (χ1v) is 5.35. The molecule has 1 aromatic rings. The van der Waals surface area contributed by atoms with Crippen LogP contribution in [-0.2, 0) is 11.3 Å². The Morgan fingerprint density at radius 1 is 1.54 bits per heavy atom. The molecule has 2 heterocycles. The molecule has 1 saturated heterocycles. The second-order valence-electron chi connectivity index (χ2n) is 3.51. The fourth-order valence-electron chi connectivity index (χ4n) is 1.62. The minimum absolute atomic E-state index is 0.383. The molecule has 0 radical (unpaired) electrons. The van der Waals surface area contributed by atoms with Crippen LogP contribution in [0.3, 0.4) is 0 Å². The van der Waals surface area contributed by atoms with Crippen LogP contribution in [0.4, 0.5) is 0 Å². The lowest BCUT2D eigenvalue weighted by molar-refractivity contribution is -0.116. The number of nitrogens with zero attached hydrogens (tertiary/aromatic N) is 1. The second kappa shape index (κ2) is 3.60. The van der Waals surface area contributed by atoms with E-state index in [0.717, 1.165) is 19.5 Å². The van der Waals surface area contributed by atoms with Crippen molar-refractivity contribution in [2.45, 2.75) is 19.9 Å². The summed E-state index contributed by atoms with van der Waals surface area (Å²) in [6.07, 6.45) is 0.740. The van der Waals surface area contributed by atoms with Crippen molar-refractivity contribution in [3.8, 4) is 0 Å². The van der Waals surface area contributed by atoms with E-state index in [9.17, 15) is 4.79 Å². The molecule has 1 fully saturated rings. The zero-order valence-corrected chi connectivity index (χ0v) is 8.56. The van der Waals surface area contributed by atoms with Gasteiger partial charge in [-0.1, -0.05) is 0 Å². The van der Waals surface area contributed by atoms with Crippen molar-refractivity contribution in [1.82, 2.24) is 4.90 Å². The van der Waals surface area contributed by atoms with Gasteiger partial charge in [0.1, 0.15) is 5.78 Å². The summed E-state index contributed by atoms with van der Waals surface area (Å²) in [4.78, 5) is 15.9. The molecule has 0 saturated carbocycles. The molecule has 3 heteroatoms. The van der Waals surface area contributed by atoms with Crippen molar-refractivity contribution in [3.05, 3.63) is 21.9 Å². The van der Waals surface area contributed by atoms with Crippen LogP contribution in [0.5, 0.6) is 0 Å². The topological polar surface area (TPSA) is 20.3 Å². The quantitative estimate of drug-likeness (QED) is 0.717. The molecule has 0 unspecified atom stereocenters. The standard InChI is InChI=1S/C10H13NOS/c1-8-2-3-10(13-8)7-11-5-4-9(12)6-11/h2-3H,4-7H2,1H3. The van der Waals surface area contributed by atoms with Gasteiger partial charge in [-0.15, -0.1) is 11.3 Å². The van der Waals surface area contributed by atoms with E-state index >= 15 is 0 Å². The maximum Gasteiger partial charge on any atom is 0.148 e. The number of carbonyl (C=O) groups is 1. The van der Waals surface area contributed by atoms with Crippen LogP contribution < -0.4 is 0 Å². The van der Waals surface area contributed by atoms with E-state index in [4.69, 9.17) is 0 Å². The highest BCUT2D eigenvalue weighted by molar-refractivity contribution is 7.11. The fraction of sp³-hybridized carbons (Fsp3) is 0.500. The summed E-state index contributed by atoms with van der Waals surface area (Å²) in [6.45, 7) is 4.65. The fourth-order valence-corrected chi connectivity index (χ4v) is 2.55. The lowest BCUT2D eigenvalue weighted by Gasteiger charge is -2.11. The zero-order valence-electron chi connectivity index (χ0n) is 7.75. The third kappa shape index (κ3) is 2.17. The van der Waals surface area contributed by atoms with Crippen molar-refractivity contribution in [2.75, 3.05) is 13.1 Å². The van der Waals surface area contributed by atoms with Crippen LogP contribution in [0.2, 0.25) is 0 Å². The summed E-state index contributed by atoms with van der Waals surface area (Å²) >= 11 is 1.82. The lowest BCUT2D eigenvalue weighted by atomic mass is 10.4. The predicted molar refractivity (Wildman–Crippen MR) is 54.0 cm³/mol. The van der Waals surface area contributed by atoms with E-state index in [1.165, 1.54) is 9.75 Å². The molecule has 0 amide bonds. The first-order chi connectivity index (χ1) is 6.24. The Hall–Kier alpha value is -0.670. The molecule has 0 aromatic carbocycles. The summed E-state index contributed by atoms with van der Waals surface area (Å²) in [5.74, 6) is 0.383. The number of ketones is 1. The summed E-state index contributed by atoms with van der Waals surface area (Å²) in [7, 11) is 0. The molecule has 70 valence electrons. The molecule has 2 nitrogen and oxygen atoms in total. The molecule has 1 aromatic heterocycles. The van der Waals surface area contributed by atoms with E-state index in [-0.39, 0.29) is 0 Å². The van der Waals surface area contributed by atoms with Gasteiger partial charge in [0.2, 0.25) is 0 Å². The van der Waals surface area contributed by atoms with Crippen LogP contribution >= 0.6 is 11.3 Å². The van der Waals surface area contributed by atoms with Crippen molar-refractivity contribution < 1.29 is 4.79 Å². The maximum atomic E-state index is 11.0. The summed E-state index contributed by atoms with van der Waals surface area (Å²) in [6, 6.07) is 4.29. The van der Waals surface area contributed by atoms with Crippen molar-refractivity contribution in [1.29, 1.82) is 0 Å². The third-order valence-electron chi connectivity index (χ3n) is 2.28. The molecule has 0 N–H and O–H groups in total. The van der Waals surface area contributed by atoms with Gasteiger partial charge in [0.15, 0.2) is 0 Å². The first-order valence-electron chi connectivity index (χ1n) is 4.53. The van der Waals surface area contributed by atoms with Gasteiger partial charge in [-0.3, -0.25) is 9.69 Å². The van der Waals surface area contributed by atoms with E-state index in [0.29, 0.717) is 12.3 Å². The van der Waals surface area contributed by atoms with Crippen molar-refractivity contribution in [2.24, 2.45) is 0 Å². The normalized spacial score (nSPS) is 18.4. The Bertz CT molecular complexity index is 318. The molecule has 13 heavy (non-hydrogen) atoms. The van der Waals surface area contributed by atoms with Crippen LogP contribution in [0.15, 0.2) is 12.1 Å². The van der Waals surface area contributed by atoms with E-state index in [1.54, 1.807) is 0 Å². The smallest absolute Gasteiger partial charge is 0.148 e. The van der Waals surface area contributed by atoms with Gasteiger partial charge < -0.3 is 0 Å². The lowest BCUT2D eigenvalue weighted by Crippen LogP contribution is -2.19. The predicted octanol–water partition coefficient (Wildman–Crippen LogP) is 1.83. The van der Waals surface area contributed by atoms with Gasteiger partial charge in [0, 0.05) is 29.3 Å². The van der Waals surface area contributed by atoms with E-state index in [1.807, 2.05) is 11.3 Å². The minimum atomic E-state index is 0.383. The number of aryl methyl sites for hydroxylation is 1. The summed E-state index contributed by atoms with van der Waals surface area (Å²) < 4.78 is 0. The Labute approximate surface area is 82.2 Å². The van der Waals surface area contributed by atoms with Crippen LogP contribution in [0, 0.1) is 6.92 Å². The van der Waals surface area contributed by atoms with Gasteiger partial charge in [-0.05, 0) is 19.1 Å². The number of Topliss-reactive ketones (excluding diaryl/α,β-unsaturated/α-hetero) is 1. The number of carbonyl (C=O) groups excluding carboxylic acids is 1. The average Bonchev–Trinajstić information content (AvgIpc) is 2.62. The van der Waals surface area contributed by atoms with Gasteiger partial charge in [-0.2, -0.15) is 0 Å². The molecule has 0 spiro atoms. The number of hydrogen-bond acceptors (Lipinski definition) is 3. The van der Waals surface area contributed by atoms with E-state index < -0.39 is 0 Å². The van der Waals surface area contributed by atoms with Crippen LogP contribution in [0.25, 0.3) is 0 Å². The number of rotatable bonds is 2. The Balaban J connectivity index is 1.95. The summed E-state index contributed by atoms with van der Waals surface area (Å²) in [5, 5.41) is 0. The van der Waals surface area contributed by atoms with Crippen molar-refractivity contribution >= 4 is 17.1 Å². The Kier molecular flexibility index (Phi) is 2.47. The van der Waals surface area contributed by atoms with Gasteiger partial charge >= 0.3 is 0 Å². The molecule has 0 atom stereocenters. The molecule has 1 aliphatic heterocycles. The largest absolute Gasteiger partial charge is 0.298 e. The maximum absolute atomic E-state index is 11.0. The van der Waals surface area contributed by atoms with Crippen LogP contribution in [-0.4, -0.2) is 23.8 Å². The highest BCUT2D eigenvalue weighted by atomic mass is 32.1. The minimum Gasteiger partial charge on any atom is -0.298 e. The van der Waals surface area contributed by atoms with Gasteiger partial charge in [0.25, 0.3) is 0 Å². The number of likely N-dealkylation sites (tertiary alicyclic amines) is 1. The second-order valence-corrected chi connectivity index (χ2v) is 4.88. The Morgan fingerprint density at radius 2 is 2.38 bits per heavy atom. The molecular weight excluding hydrogens is 182 g/mol. The molecule has 0 bridgehead atoms. The highest BCUT2D eigenvalue weighted by Gasteiger charge is 2.19.